The van der Waals surface area contributed by atoms with Gasteiger partial charge in [0, 0.05) is 25.5 Å². The van der Waals surface area contributed by atoms with E-state index in [0.717, 1.165) is 36.4 Å². The van der Waals surface area contributed by atoms with Gasteiger partial charge in [0.1, 0.15) is 17.8 Å². The highest BCUT2D eigenvalue weighted by Crippen LogP contribution is 2.38. The van der Waals surface area contributed by atoms with Crippen molar-refractivity contribution >= 4 is 22.7 Å². The summed E-state index contributed by atoms with van der Waals surface area (Å²) in [5, 5.41) is 1.04. The fourth-order valence-corrected chi connectivity index (χ4v) is 3.86. The number of hydrogen-bond acceptors (Lipinski definition) is 5. The molecule has 2 bridgehead atoms. The van der Waals surface area contributed by atoms with Gasteiger partial charge in [0.05, 0.1) is 17.5 Å². The fourth-order valence-electron chi connectivity index (χ4n) is 3.86. The first kappa shape index (κ1) is 12.8. The third kappa shape index (κ3) is 1.82. The molecule has 2 saturated heterocycles. The SMILES string of the molecule is Fc1cccnc1N1CC2CC1CN2c1ncnc2[nH]ccc12. The second kappa shape index (κ2) is 4.65. The molecule has 7 heteroatoms. The summed E-state index contributed by atoms with van der Waals surface area (Å²) in [5.74, 6) is 1.18. The van der Waals surface area contributed by atoms with Gasteiger partial charge in [0.15, 0.2) is 11.6 Å². The molecule has 2 aliphatic heterocycles. The third-order valence-corrected chi connectivity index (χ3v) is 4.86. The normalized spacial score (nSPS) is 23.2. The molecule has 3 aromatic rings. The predicted molar refractivity (Wildman–Crippen MR) is 85.0 cm³/mol. The molecule has 2 aliphatic rings. The molecule has 6 nitrogen and oxygen atoms in total. The van der Waals surface area contributed by atoms with Gasteiger partial charge in [0.25, 0.3) is 0 Å². The molecule has 0 radical (unpaired) electrons. The smallest absolute Gasteiger partial charge is 0.165 e. The molecule has 0 amide bonds. The van der Waals surface area contributed by atoms with E-state index < -0.39 is 0 Å². The topological polar surface area (TPSA) is 60.9 Å². The Bertz CT molecular complexity index is 878. The Morgan fingerprint density at radius 3 is 2.65 bits per heavy atom. The van der Waals surface area contributed by atoms with Gasteiger partial charge < -0.3 is 14.8 Å². The summed E-state index contributed by atoms with van der Waals surface area (Å²) in [5.41, 5.74) is 0.852. The van der Waals surface area contributed by atoms with Crippen molar-refractivity contribution < 1.29 is 4.39 Å². The van der Waals surface area contributed by atoms with Crippen molar-refractivity contribution in [1.82, 2.24) is 19.9 Å². The fraction of sp³-hybridized carbons (Fsp3) is 0.312. The largest absolute Gasteiger partial charge is 0.349 e. The van der Waals surface area contributed by atoms with Crippen LogP contribution in [0, 0.1) is 5.82 Å². The van der Waals surface area contributed by atoms with Crippen molar-refractivity contribution in [2.24, 2.45) is 0 Å². The van der Waals surface area contributed by atoms with Crippen molar-refractivity contribution in [2.75, 3.05) is 22.9 Å². The molecule has 3 aromatic heterocycles. The van der Waals surface area contributed by atoms with E-state index in [1.807, 2.05) is 12.3 Å². The second-order valence-corrected chi connectivity index (χ2v) is 6.09. The lowest BCUT2D eigenvalue weighted by Gasteiger charge is -2.35. The maximum atomic E-state index is 14.0. The summed E-state index contributed by atoms with van der Waals surface area (Å²) in [6, 6.07) is 5.71. The molecule has 23 heavy (non-hydrogen) atoms. The zero-order valence-corrected chi connectivity index (χ0v) is 12.4. The Kier molecular flexibility index (Phi) is 2.59. The molecule has 2 fully saturated rings. The number of rotatable bonds is 2. The Morgan fingerprint density at radius 1 is 1.04 bits per heavy atom. The number of nitrogens with zero attached hydrogens (tertiary/aromatic N) is 5. The molecule has 2 atom stereocenters. The lowest BCUT2D eigenvalue weighted by molar-refractivity contribution is 0.584. The molecule has 0 aliphatic carbocycles. The zero-order chi connectivity index (χ0) is 15.4. The molecule has 5 heterocycles. The van der Waals surface area contributed by atoms with Crippen LogP contribution in [0.15, 0.2) is 36.9 Å². The van der Waals surface area contributed by atoms with Gasteiger partial charge in [-0.2, -0.15) is 0 Å². The van der Waals surface area contributed by atoms with Crippen LogP contribution >= 0.6 is 0 Å². The minimum atomic E-state index is -0.248. The number of anilines is 2. The number of piperazine rings is 1. The van der Waals surface area contributed by atoms with Crippen molar-refractivity contribution in [3.05, 3.63) is 42.7 Å². The van der Waals surface area contributed by atoms with Crippen LogP contribution in [0.5, 0.6) is 0 Å². The van der Waals surface area contributed by atoms with Gasteiger partial charge in [-0.25, -0.2) is 19.3 Å². The van der Waals surface area contributed by atoms with Crippen LogP contribution in [-0.4, -0.2) is 45.1 Å². The van der Waals surface area contributed by atoms with E-state index in [0.29, 0.717) is 11.9 Å². The van der Waals surface area contributed by atoms with Gasteiger partial charge in [0.2, 0.25) is 0 Å². The summed E-state index contributed by atoms with van der Waals surface area (Å²) in [6.07, 6.45) is 6.13. The Balaban J connectivity index is 1.47. The van der Waals surface area contributed by atoms with E-state index in [2.05, 4.69) is 29.7 Å². The Morgan fingerprint density at radius 2 is 1.87 bits per heavy atom. The maximum Gasteiger partial charge on any atom is 0.165 e. The standard InChI is InChI=1S/C16H15FN6/c17-13-2-1-4-19-16(13)23-8-10-6-11(23)7-22(10)15-12-3-5-18-14(12)20-9-21-15/h1-5,9-11H,6-8H2,(H,18,20,21). The number of aromatic amines is 1. The highest BCUT2D eigenvalue weighted by atomic mass is 19.1. The molecule has 0 saturated carbocycles. The van der Waals surface area contributed by atoms with Gasteiger partial charge in [-0.3, -0.25) is 0 Å². The quantitative estimate of drug-likeness (QED) is 0.784. The van der Waals surface area contributed by atoms with Crippen molar-refractivity contribution in [3.63, 3.8) is 0 Å². The van der Waals surface area contributed by atoms with Gasteiger partial charge in [-0.1, -0.05) is 0 Å². The second-order valence-electron chi connectivity index (χ2n) is 6.09. The molecule has 0 aromatic carbocycles. The average molecular weight is 310 g/mol. The van der Waals surface area contributed by atoms with E-state index in [9.17, 15) is 4.39 Å². The molecule has 116 valence electrons. The van der Waals surface area contributed by atoms with E-state index in [-0.39, 0.29) is 11.9 Å². The number of nitrogens with one attached hydrogen (secondary N) is 1. The first-order chi connectivity index (χ1) is 11.3. The van der Waals surface area contributed by atoms with E-state index in [1.165, 1.54) is 6.07 Å². The van der Waals surface area contributed by atoms with E-state index in [4.69, 9.17) is 0 Å². The third-order valence-electron chi connectivity index (χ3n) is 4.86. The van der Waals surface area contributed by atoms with E-state index >= 15 is 0 Å². The first-order valence-corrected chi connectivity index (χ1v) is 7.73. The number of fused-ring (bicyclic) bond motifs is 3. The summed E-state index contributed by atoms with van der Waals surface area (Å²) in [4.78, 5) is 20.5. The summed E-state index contributed by atoms with van der Waals surface area (Å²) in [7, 11) is 0. The van der Waals surface area contributed by atoms with Crippen molar-refractivity contribution in [3.8, 4) is 0 Å². The molecular weight excluding hydrogens is 295 g/mol. The highest BCUT2D eigenvalue weighted by molar-refractivity contribution is 5.87. The monoisotopic (exact) mass is 310 g/mol. The molecular formula is C16H15FN6. The average Bonchev–Trinajstić information content (AvgIpc) is 3.29. The van der Waals surface area contributed by atoms with Crippen LogP contribution in [0.1, 0.15) is 6.42 Å². The number of aromatic nitrogens is 4. The summed E-state index contributed by atoms with van der Waals surface area (Å²) in [6.45, 7) is 1.60. The van der Waals surface area contributed by atoms with Gasteiger partial charge in [-0.15, -0.1) is 0 Å². The van der Waals surface area contributed by atoms with Crippen molar-refractivity contribution in [2.45, 2.75) is 18.5 Å². The number of pyridine rings is 1. The highest BCUT2D eigenvalue weighted by Gasteiger charge is 2.45. The van der Waals surface area contributed by atoms with Crippen LogP contribution < -0.4 is 9.80 Å². The number of halogens is 1. The Labute approximate surface area is 132 Å². The number of hydrogen-bond donors (Lipinski definition) is 1. The lowest BCUT2D eigenvalue weighted by Crippen LogP contribution is -2.47. The lowest BCUT2D eigenvalue weighted by atomic mass is 10.2. The minimum absolute atomic E-state index is 0.248. The van der Waals surface area contributed by atoms with Crippen LogP contribution in [0.2, 0.25) is 0 Å². The van der Waals surface area contributed by atoms with Crippen molar-refractivity contribution in [1.29, 1.82) is 0 Å². The first-order valence-electron chi connectivity index (χ1n) is 7.73. The van der Waals surface area contributed by atoms with Crippen LogP contribution in [0.3, 0.4) is 0 Å². The molecule has 0 spiro atoms. The summed E-state index contributed by atoms with van der Waals surface area (Å²) < 4.78 is 14.0. The van der Waals surface area contributed by atoms with Gasteiger partial charge in [-0.05, 0) is 24.6 Å². The van der Waals surface area contributed by atoms with Crippen LogP contribution in [-0.2, 0) is 0 Å². The number of H-pyrrole nitrogens is 1. The molecule has 2 unspecified atom stereocenters. The molecule has 1 N–H and O–H groups in total. The maximum absolute atomic E-state index is 14.0. The zero-order valence-electron chi connectivity index (χ0n) is 12.4. The minimum Gasteiger partial charge on any atom is -0.349 e. The predicted octanol–water partition coefficient (Wildman–Crippen LogP) is 1.96. The van der Waals surface area contributed by atoms with Gasteiger partial charge >= 0.3 is 0 Å². The Hall–Kier alpha value is -2.70. The summed E-state index contributed by atoms with van der Waals surface area (Å²) >= 11 is 0. The van der Waals surface area contributed by atoms with Crippen LogP contribution in [0.25, 0.3) is 11.0 Å². The molecule has 5 rings (SSSR count). The van der Waals surface area contributed by atoms with E-state index in [1.54, 1.807) is 18.6 Å². The van der Waals surface area contributed by atoms with Crippen LogP contribution in [0.4, 0.5) is 16.0 Å².